The molecular weight excluding hydrogens is 635 g/mol. The molecule has 8 aromatic rings. The van der Waals surface area contributed by atoms with Crippen LogP contribution < -0.4 is 4.90 Å². The number of thiophene rings is 1. The predicted molar refractivity (Wildman–Crippen MR) is 221 cm³/mol. The van der Waals surface area contributed by atoms with E-state index in [2.05, 4.69) is 197 Å². The van der Waals surface area contributed by atoms with Crippen molar-refractivity contribution in [3.8, 4) is 33.4 Å². The van der Waals surface area contributed by atoms with Crippen LogP contribution in [0.2, 0.25) is 0 Å². The summed E-state index contributed by atoms with van der Waals surface area (Å²) in [6.07, 6.45) is 0. The van der Waals surface area contributed by atoms with Crippen molar-refractivity contribution in [3.63, 3.8) is 0 Å². The van der Waals surface area contributed by atoms with Crippen LogP contribution in [0.25, 0.3) is 53.6 Å². The number of hydrogen-bond acceptors (Lipinski definition) is 2. The zero-order valence-electron chi connectivity index (χ0n) is 29.9. The molecule has 0 amide bonds. The molecule has 248 valence electrons. The summed E-state index contributed by atoms with van der Waals surface area (Å²) in [5.74, 6) is 0. The molecule has 0 fully saturated rings. The van der Waals surface area contributed by atoms with Crippen LogP contribution in [0.5, 0.6) is 0 Å². The molecule has 51 heavy (non-hydrogen) atoms. The molecule has 2 heteroatoms. The van der Waals surface area contributed by atoms with Crippen molar-refractivity contribution >= 4 is 48.6 Å². The maximum atomic E-state index is 2.44. The van der Waals surface area contributed by atoms with Crippen LogP contribution in [-0.4, -0.2) is 0 Å². The zero-order chi connectivity index (χ0) is 34.9. The Morgan fingerprint density at radius 2 is 1.02 bits per heavy atom. The first-order valence-corrected chi connectivity index (χ1v) is 18.7. The van der Waals surface area contributed by atoms with Gasteiger partial charge in [-0.25, -0.2) is 0 Å². The van der Waals surface area contributed by atoms with Gasteiger partial charge in [-0.3, -0.25) is 0 Å². The van der Waals surface area contributed by atoms with Gasteiger partial charge in [0, 0.05) is 42.6 Å². The Morgan fingerprint density at radius 3 is 1.71 bits per heavy atom. The highest BCUT2D eigenvalue weighted by molar-refractivity contribution is 7.25. The summed E-state index contributed by atoms with van der Waals surface area (Å²) in [5, 5.41) is 2.67. The summed E-state index contributed by atoms with van der Waals surface area (Å²) in [6, 6.07) is 58.4. The average molecular weight is 676 g/mol. The lowest BCUT2D eigenvalue weighted by molar-refractivity contribution is 0.584. The third kappa shape index (κ3) is 5.37. The lowest BCUT2D eigenvalue weighted by Gasteiger charge is -2.26. The highest BCUT2D eigenvalue weighted by Gasteiger charge is 2.36. The second kappa shape index (κ2) is 11.8. The molecule has 1 heterocycles. The average Bonchev–Trinajstić information content (AvgIpc) is 3.63. The molecule has 1 aliphatic rings. The SMILES string of the molecule is CC(C)(C)c1ccc2c(c1)C(C)(C)c1ccc(-c3ccc(N(c4ccccc4)c4ccc(-c5ccc6c(c5)sc5ccccc56)cc4)cc3)cc1-2. The van der Waals surface area contributed by atoms with Crippen LogP contribution in [-0.2, 0) is 10.8 Å². The van der Waals surface area contributed by atoms with Gasteiger partial charge in [0.2, 0.25) is 0 Å². The predicted octanol–water partition coefficient (Wildman–Crippen LogP) is 14.5. The molecule has 0 N–H and O–H groups in total. The first kappa shape index (κ1) is 31.5. The maximum Gasteiger partial charge on any atom is 0.0462 e. The van der Waals surface area contributed by atoms with E-state index in [1.807, 2.05) is 11.3 Å². The monoisotopic (exact) mass is 675 g/mol. The molecule has 0 unspecified atom stereocenters. The summed E-state index contributed by atoms with van der Waals surface area (Å²) in [4.78, 5) is 2.34. The maximum absolute atomic E-state index is 2.44. The summed E-state index contributed by atoms with van der Waals surface area (Å²) in [7, 11) is 0. The smallest absolute Gasteiger partial charge is 0.0462 e. The minimum atomic E-state index is -0.0224. The number of benzene rings is 7. The van der Waals surface area contributed by atoms with E-state index in [1.165, 1.54) is 70.2 Å². The van der Waals surface area contributed by atoms with Gasteiger partial charge in [0.05, 0.1) is 0 Å². The van der Waals surface area contributed by atoms with E-state index in [4.69, 9.17) is 0 Å². The summed E-state index contributed by atoms with van der Waals surface area (Å²) in [6.45, 7) is 11.6. The van der Waals surface area contributed by atoms with E-state index in [-0.39, 0.29) is 10.8 Å². The highest BCUT2D eigenvalue weighted by Crippen LogP contribution is 2.51. The summed E-state index contributed by atoms with van der Waals surface area (Å²) < 4.78 is 2.67. The standard InChI is InChI=1S/C49H41NS/c1-48(2,3)36-21-27-40-43-29-34(20-28-44(43)49(4,5)45(40)31-36)32-15-22-38(23-16-32)50(37-11-7-6-8-12-37)39-24-17-33(18-25-39)35-19-26-42-41-13-9-10-14-46(41)51-47(42)30-35/h6-31H,1-5H3. The molecule has 0 radical (unpaired) electrons. The van der Waals surface area contributed by atoms with Gasteiger partial charge in [0.1, 0.15) is 0 Å². The normalized spacial score (nSPS) is 13.4. The van der Waals surface area contributed by atoms with Crippen LogP contribution in [0.1, 0.15) is 51.3 Å². The van der Waals surface area contributed by atoms with Crippen molar-refractivity contribution in [1.29, 1.82) is 0 Å². The first-order valence-electron chi connectivity index (χ1n) is 17.9. The lowest BCUT2D eigenvalue weighted by atomic mass is 9.79. The Labute approximate surface area is 305 Å². The number of nitrogens with zero attached hydrogens (tertiary/aromatic N) is 1. The van der Waals surface area contributed by atoms with Gasteiger partial charge in [0.25, 0.3) is 0 Å². The fourth-order valence-corrected chi connectivity index (χ4v) is 9.08. The van der Waals surface area contributed by atoms with Crippen molar-refractivity contribution in [1.82, 2.24) is 0 Å². The van der Waals surface area contributed by atoms with Crippen LogP contribution >= 0.6 is 11.3 Å². The Hall–Kier alpha value is -5.44. The van der Waals surface area contributed by atoms with Crippen molar-refractivity contribution in [2.75, 3.05) is 4.90 Å². The Morgan fingerprint density at radius 1 is 0.451 bits per heavy atom. The number of rotatable bonds is 5. The van der Waals surface area contributed by atoms with Gasteiger partial charge in [-0.15, -0.1) is 11.3 Å². The van der Waals surface area contributed by atoms with E-state index in [0.717, 1.165) is 17.1 Å². The molecule has 1 aliphatic carbocycles. The topological polar surface area (TPSA) is 3.24 Å². The second-order valence-corrected chi connectivity index (χ2v) is 16.6. The van der Waals surface area contributed by atoms with Gasteiger partial charge in [-0.1, -0.05) is 138 Å². The fraction of sp³-hybridized carbons (Fsp3) is 0.143. The molecule has 0 aliphatic heterocycles. The molecule has 0 bridgehead atoms. The molecule has 1 nitrogen and oxygen atoms in total. The highest BCUT2D eigenvalue weighted by atomic mass is 32.1. The van der Waals surface area contributed by atoms with Gasteiger partial charge in [-0.05, 0) is 110 Å². The third-order valence-electron chi connectivity index (χ3n) is 10.9. The molecule has 0 saturated heterocycles. The van der Waals surface area contributed by atoms with Crippen molar-refractivity contribution < 1.29 is 0 Å². The molecular formula is C49H41NS. The van der Waals surface area contributed by atoms with Gasteiger partial charge in [0.15, 0.2) is 0 Å². The van der Waals surface area contributed by atoms with E-state index >= 15 is 0 Å². The number of anilines is 3. The number of para-hydroxylation sites is 1. The van der Waals surface area contributed by atoms with Crippen molar-refractivity contribution in [3.05, 3.63) is 174 Å². The van der Waals surface area contributed by atoms with Crippen LogP contribution in [0.15, 0.2) is 158 Å². The molecule has 0 atom stereocenters. The summed E-state index contributed by atoms with van der Waals surface area (Å²) in [5.41, 5.74) is 15.4. The zero-order valence-corrected chi connectivity index (χ0v) is 30.7. The molecule has 7 aromatic carbocycles. The largest absolute Gasteiger partial charge is 0.311 e. The van der Waals surface area contributed by atoms with Gasteiger partial charge >= 0.3 is 0 Å². The number of hydrogen-bond donors (Lipinski definition) is 0. The van der Waals surface area contributed by atoms with Crippen LogP contribution in [0.4, 0.5) is 17.1 Å². The molecule has 0 spiro atoms. The van der Waals surface area contributed by atoms with Crippen LogP contribution in [0, 0.1) is 0 Å². The Balaban J connectivity index is 1.04. The fourth-order valence-electron chi connectivity index (χ4n) is 7.94. The second-order valence-electron chi connectivity index (χ2n) is 15.5. The lowest BCUT2D eigenvalue weighted by Crippen LogP contribution is -2.17. The quantitative estimate of drug-likeness (QED) is 0.175. The third-order valence-corrected chi connectivity index (χ3v) is 12.0. The van der Waals surface area contributed by atoms with Gasteiger partial charge in [-0.2, -0.15) is 0 Å². The minimum Gasteiger partial charge on any atom is -0.311 e. The molecule has 0 saturated carbocycles. The number of fused-ring (bicyclic) bond motifs is 6. The van der Waals surface area contributed by atoms with E-state index in [0.29, 0.717) is 0 Å². The summed E-state index contributed by atoms with van der Waals surface area (Å²) >= 11 is 1.87. The minimum absolute atomic E-state index is 0.0224. The van der Waals surface area contributed by atoms with E-state index < -0.39 is 0 Å². The Bertz CT molecular complexity index is 2560. The first-order chi connectivity index (χ1) is 24.6. The molecule has 9 rings (SSSR count). The van der Waals surface area contributed by atoms with E-state index in [9.17, 15) is 0 Å². The molecule has 1 aromatic heterocycles. The van der Waals surface area contributed by atoms with E-state index in [1.54, 1.807) is 0 Å². The van der Waals surface area contributed by atoms with Gasteiger partial charge < -0.3 is 4.90 Å². The van der Waals surface area contributed by atoms with Crippen LogP contribution in [0.3, 0.4) is 0 Å². The van der Waals surface area contributed by atoms with Crippen molar-refractivity contribution in [2.45, 2.75) is 45.4 Å². The van der Waals surface area contributed by atoms with Crippen molar-refractivity contribution in [2.24, 2.45) is 0 Å². The Kier molecular flexibility index (Phi) is 7.31.